The van der Waals surface area contributed by atoms with Crippen LogP contribution in [0, 0.1) is 6.92 Å². The third-order valence-corrected chi connectivity index (χ3v) is 3.52. The molecule has 0 aliphatic carbocycles. The van der Waals surface area contributed by atoms with Crippen LogP contribution in [-0.4, -0.2) is 32.0 Å². The highest BCUT2D eigenvalue weighted by Gasteiger charge is 2.11. The van der Waals surface area contributed by atoms with Crippen molar-refractivity contribution in [1.29, 1.82) is 0 Å². The summed E-state index contributed by atoms with van der Waals surface area (Å²) in [6, 6.07) is 7.29. The second-order valence-corrected chi connectivity index (χ2v) is 5.27. The van der Waals surface area contributed by atoms with E-state index in [4.69, 9.17) is 4.42 Å². The van der Waals surface area contributed by atoms with Gasteiger partial charge in [-0.3, -0.25) is 14.2 Å². The van der Waals surface area contributed by atoms with Crippen LogP contribution in [0.2, 0.25) is 0 Å². The van der Waals surface area contributed by atoms with E-state index in [1.807, 2.05) is 29.9 Å². The van der Waals surface area contributed by atoms with Gasteiger partial charge in [0.25, 0.3) is 5.91 Å². The molecule has 0 spiro atoms. The van der Waals surface area contributed by atoms with Crippen molar-refractivity contribution >= 4 is 5.91 Å². The lowest BCUT2D eigenvalue weighted by Gasteiger charge is -2.05. The largest absolute Gasteiger partial charge is 0.454 e. The van der Waals surface area contributed by atoms with Crippen LogP contribution in [0.3, 0.4) is 0 Å². The number of hydrogen-bond donors (Lipinski definition) is 1. The summed E-state index contributed by atoms with van der Waals surface area (Å²) in [5, 5.41) is 11.2. The van der Waals surface area contributed by atoms with Gasteiger partial charge in [-0.15, -0.1) is 0 Å². The zero-order valence-electron chi connectivity index (χ0n) is 13.0. The number of rotatable bonds is 7. The molecule has 0 aromatic carbocycles. The second kappa shape index (κ2) is 6.95. The average Bonchev–Trinajstić information content (AvgIpc) is 3.27. The standard InChI is InChI=1S/C16H19N5O2/c1-13-6-9-19-21(13)11-2-7-17-16(22)15-5-4-14(23-15)12-20-10-3-8-18-20/h3-6,8-10H,2,7,11-12H2,1H3,(H,17,22). The molecular formula is C16H19N5O2. The Morgan fingerprint density at radius 1 is 1.26 bits per heavy atom. The average molecular weight is 313 g/mol. The summed E-state index contributed by atoms with van der Waals surface area (Å²) in [5.41, 5.74) is 1.12. The molecule has 7 heteroatoms. The fraction of sp³-hybridized carbons (Fsp3) is 0.312. The van der Waals surface area contributed by atoms with E-state index >= 15 is 0 Å². The van der Waals surface area contributed by atoms with Crippen LogP contribution in [0.4, 0.5) is 0 Å². The molecule has 0 fully saturated rings. The molecule has 3 aromatic rings. The lowest BCUT2D eigenvalue weighted by molar-refractivity contribution is 0.0923. The zero-order valence-corrected chi connectivity index (χ0v) is 13.0. The molecule has 3 rings (SSSR count). The van der Waals surface area contributed by atoms with E-state index in [-0.39, 0.29) is 5.91 Å². The smallest absolute Gasteiger partial charge is 0.286 e. The molecular weight excluding hydrogens is 294 g/mol. The molecule has 0 bridgehead atoms. The molecule has 0 saturated carbocycles. The number of furan rings is 1. The molecule has 7 nitrogen and oxygen atoms in total. The van der Waals surface area contributed by atoms with Crippen molar-refractivity contribution in [1.82, 2.24) is 24.9 Å². The van der Waals surface area contributed by atoms with Gasteiger partial charge in [-0.25, -0.2) is 0 Å². The minimum absolute atomic E-state index is 0.200. The Hall–Kier alpha value is -2.83. The molecule has 0 aliphatic rings. The van der Waals surface area contributed by atoms with Gasteiger partial charge in [-0.1, -0.05) is 0 Å². The Bertz CT molecular complexity index is 757. The van der Waals surface area contributed by atoms with Crippen molar-refractivity contribution in [3.63, 3.8) is 0 Å². The van der Waals surface area contributed by atoms with Crippen molar-refractivity contribution in [3.05, 3.63) is 60.1 Å². The number of carbonyl (C=O) groups excluding carboxylic acids is 1. The Labute approximate surface area is 133 Å². The number of nitrogens with zero attached hydrogens (tertiary/aromatic N) is 4. The van der Waals surface area contributed by atoms with Crippen LogP contribution in [0.1, 0.15) is 28.4 Å². The van der Waals surface area contributed by atoms with Gasteiger partial charge in [0.05, 0.1) is 6.54 Å². The Kier molecular flexibility index (Phi) is 4.56. The molecule has 0 radical (unpaired) electrons. The predicted octanol–water partition coefficient (Wildman–Crippen LogP) is 1.85. The number of aromatic nitrogens is 4. The summed E-state index contributed by atoms with van der Waals surface area (Å²) in [7, 11) is 0. The van der Waals surface area contributed by atoms with Gasteiger partial charge in [0, 0.05) is 37.4 Å². The van der Waals surface area contributed by atoms with Crippen molar-refractivity contribution in [2.24, 2.45) is 0 Å². The molecule has 0 unspecified atom stereocenters. The van der Waals surface area contributed by atoms with Gasteiger partial charge < -0.3 is 9.73 Å². The van der Waals surface area contributed by atoms with Crippen LogP contribution in [-0.2, 0) is 13.1 Å². The number of hydrogen-bond acceptors (Lipinski definition) is 4. The van der Waals surface area contributed by atoms with E-state index in [0.29, 0.717) is 24.6 Å². The first kappa shape index (κ1) is 15.1. The van der Waals surface area contributed by atoms with Gasteiger partial charge in [0.15, 0.2) is 5.76 Å². The maximum atomic E-state index is 12.0. The van der Waals surface area contributed by atoms with Crippen LogP contribution in [0.25, 0.3) is 0 Å². The maximum Gasteiger partial charge on any atom is 0.286 e. The first-order valence-electron chi connectivity index (χ1n) is 7.55. The Morgan fingerprint density at radius 2 is 2.17 bits per heavy atom. The number of aryl methyl sites for hydroxylation is 2. The second-order valence-electron chi connectivity index (χ2n) is 5.27. The number of nitrogens with one attached hydrogen (secondary N) is 1. The fourth-order valence-electron chi connectivity index (χ4n) is 2.29. The number of carbonyl (C=O) groups is 1. The fourth-order valence-corrected chi connectivity index (χ4v) is 2.29. The summed E-state index contributed by atoms with van der Waals surface area (Å²) in [4.78, 5) is 12.0. The Balaban J connectivity index is 1.45. The van der Waals surface area contributed by atoms with Crippen LogP contribution < -0.4 is 5.32 Å². The van der Waals surface area contributed by atoms with Crippen molar-refractivity contribution < 1.29 is 9.21 Å². The van der Waals surface area contributed by atoms with E-state index in [0.717, 1.165) is 18.7 Å². The Morgan fingerprint density at radius 3 is 2.91 bits per heavy atom. The molecule has 1 amide bonds. The van der Waals surface area contributed by atoms with Crippen LogP contribution in [0.5, 0.6) is 0 Å². The summed E-state index contributed by atoms with van der Waals surface area (Å²) in [5.74, 6) is 0.822. The molecule has 23 heavy (non-hydrogen) atoms. The summed E-state index contributed by atoms with van der Waals surface area (Å²) in [6.45, 7) is 3.88. The van der Waals surface area contributed by atoms with E-state index < -0.39 is 0 Å². The van der Waals surface area contributed by atoms with E-state index in [2.05, 4.69) is 15.5 Å². The van der Waals surface area contributed by atoms with Gasteiger partial charge in [0.1, 0.15) is 5.76 Å². The topological polar surface area (TPSA) is 77.9 Å². The number of amides is 1. The molecule has 0 atom stereocenters. The van der Waals surface area contributed by atoms with E-state index in [1.165, 1.54) is 0 Å². The molecule has 3 heterocycles. The molecule has 0 aliphatic heterocycles. The van der Waals surface area contributed by atoms with E-state index in [9.17, 15) is 4.79 Å². The quantitative estimate of drug-likeness (QED) is 0.675. The van der Waals surface area contributed by atoms with Crippen molar-refractivity contribution in [2.45, 2.75) is 26.4 Å². The molecule has 0 saturated heterocycles. The first-order chi connectivity index (χ1) is 11.2. The monoisotopic (exact) mass is 313 g/mol. The van der Waals surface area contributed by atoms with Gasteiger partial charge >= 0.3 is 0 Å². The third kappa shape index (κ3) is 3.88. The zero-order chi connectivity index (χ0) is 16.1. The highest BCUT2D eigenvalue weighted by molar-refractivity contribution is 5.91. The van der Waals surface area contributed by atoms with Crippen LogP contribution in [0.15, 0.2) is 47.3 Å². The highest BCUT2D eigenvalue weighted by atomic mass is 16.4. The van der Waals surface area contributed by atoms with Gasteiger partial charge in [0.2, 0.25) is 0 Å². The lowest BCUT2D eigenvalue weighted by Crippen LogP contribution is -2.25. The SMILES string of the molecule is Cc1ccnn1CCCNC(=O)c1ccc(Cn2cccn2)o1. The van der Waals surface area contributed by atoms with E-state index in [1.54, 1.807) is 29.2 Å². The highest BCUT2D eigenvalue weighted by Crippen LogP contribution is 2.09. The summed E-state index contributed by atoms with van der Waals surface area (Å²) in [6.07, 6.45) is 6.14. The summed E-state index contributed by atoms with van der Waals surface area (Å²) < 4.78 is 9.21. The third-order valence-electron chi connectivity index (χ3n) is 3.52. The maximum absolute atomic E-state index is 12.0. The van der Waals surface area contributed by atoms with Gasteiger partial charge in [-0.2, -0.15) is 10.2 Å². The normalized spacial score (nSPS) is 10.8. The van der Waals surface area contributed by atoms with Crippen molar-refractivity contribution in [3.8, 4) is 0 Å². The predicted molar refractivity (Wildman–Crippen MR) is 84.0 cm³/mol. The van der Waals surface area contributed by atoms with Gasteiger partial charge in [-0.05, 0) is 37.6 Å². The van der Waals surface area contributed by atoms with Crippen molar-refractivity contribution in [2.75, 3.05) is 6.54 Å². The first-order valence-corrected chi connectivity index (χ1v) is 7.55. The minimum atomic E-state index is -0.200. The van der Waals surface area contributed by atoms with Crippen LogP contribution >= 0.6 is 0 Å². The lowest BCUT2D eigenvalue weighted by atomic mass is 10.3. The summed E-state index contributed by atoms with van der Waals surface area (Å²) >= 11 is 0. The molecule has 120 valence electrons. The minimum Gasteiger partial charge on any atom is -0.454 e. The molecule has 1 N–H and O–H groups in total. The molecule has 3 aromatic heterocycles.